The van der Waals surface area contributed by atoms with Crippen LogP contribution >= 0.6 is 23.2 Å². The third kappa shape index (κ3) is 5.42. The number of phenolic OH excluding ortho intramolecular Hbond substituents is 1. The van der Waals surface area contributed by atoms with Gasteiger partial charge in [-0.25, -0.2) is 5.43 Å². The van der Waals surface area contributed by atoms with Crippen LogP contribution in [0.2, 0.25) is 10.0 Å². The Morgan fingerprint density at radius 2 is 1.74 bits per heavy atom. The van der Waals surface area contributed by atoms with Gasteiger partial charge in [-0.1, -0.05) is 47.5 Å². The molecule has 1 amide bonds. The van der Waals surface area contributed by atoms with Crippen molar-refractivity contribution in [1.82, 2.24) is 5.43 Å². The monoisotopic (exact) mass is 494 g/mol. The normalized spacial score (nSPS) is 11.0. The third-order valence-corrected chi connectivity index (χ3v) is 5.60. The lowest BCUT2D eigenvalue weighted by Gasteiger charge is -2.12. The minimum Gasteiger partial charge on any atom is -0.507 e. The lowest BCUT2D eigenvalue weighted by atomic mass is 10.1. The summed E-state index contributed by atoms with van der Waals surface area (Å²) < 4.78 is 11.2. The molecule has 0 radical (unpaired) electrons. The molecular formula is C26H20Cl2N2O4. The summed E-state index contributed by atoms with van der Waals surface area (Å²) in [7, 11) is 1.57. The van der Waals surface area contributed by atoms with Crippen molar-refractivity contribution < 1.29 is 19.4 Å². The lowest BCUT2D eigenvalue weighted by Crippen LogP contribution is -2.17. The maximum Gasteiger partial charge on any atom is 0.275 e. The minimum absolute atomic E-state index is 0.115. The van der Waals surface area contributed by atoms with E-state index in [0.29, 0.717) is 27.1 Å². The van der Waals surface area contributed by atoms with Crippen LogP contribution in [0.5, 0.6) is 17.2 Å². The van der Waals surface area contributed by atoms with Gasteiger partial charge in [0.1, 0.15) is 23.9 Å². The Kier molecular flexibility index (Phi) is 7.21. The highest BCUT2D eigenvalue weighted by molar-refractivity contribution is 6.35. The van der Waals surface area contributed by atoms with Crippen molar-refractivity contribution in [2.45, 2.75) is 6.61 Å². The minimum atomic E-state index is -0.519. The first-order valence-electron chi connectivity index (χ1n) is 10.2. The standard InChI is InChI=1S/C26H20Cl2N2O4/c1-33-24-8-6-16(10-19(24)15-34-25-9-7-20(27)13-22(25)28)14-29-30-26(32)21-11-17-4-2-3-5-18(17)12-23(21)31/h2-14,31H,15H2,1H3,(H,30,32)/b29-14-. The Labute approximate surface area is 206 Å². The summed E-state index contributed by atoms with van der Waals surface area (Å²) in [6.07, 6.45) is 1.49. The first-order valence-corrected chi connectivity index (χ1v) is 11.0. The van der Waals surface area contributed by atoms with E-state index in [1.54, 1.807) is 49.6 Å². The van der Waals surface area contributed by atoms with Gasteiger partial charge in [-0.2, -0.15) is 5.10 Å². The zero-order valence-corrected chi connectivity index (χ0v) is 19.6. The molecule has 2 N–H and O–H groups in total. The molecule has 0 aliphatic rings. The maximum absolute atomic E-state index is 12.5. The number of hydrogen-bond donors (Lipinski definition) is 2. The summed E-state index contributed by atoms with van der Waals surface area (Å²) in [5.74, 6) is 0.493. The third-order valence-electron chi connectivity index (χ3n) is 5.07. The Hall–Kier alpha value is -3.74. The fraction of sp³-hybridized carbons (Fsp3) is 0.0769. The highest BCUT2D eigenvalue weighted by Crippen LogP contribution is 2.29. The van der Waals surface area contributed by atoms with E-state index in [-0.39, 0.29) is 17.9 Å². The number of rotatable bonds is 7. The quantitative estimate of drug-likeness (QED) is 0.236. The number of carbonyl (C=O) groups is 1. The molecule has 0 saturated heterocycles. The molecule has 172 valence electrons. The Morgan fingerprint density at radius 3 is 2.47 bits per heavy atom. The summed E-state index contributed by atoms with van der Waals surface area (Å²) >= 11 is 12.1. The van der Waals surface area contributed by atoms with Crippen LogP contribution < -0.4 is 14.9 Å². The molecule has 4 aromatic carbocycles. The molecule has 4 aromatic rings. The maximum atomic E-state index is 12.5. The number of carbonyl (C=O) groups excluding carboxylic acids is 1. The number of hydrazone groups is 1. The Bertz CT molecular complexity index is 1390. The van der Waals surface area contributed by atoms with E-state index >= 15 is 0 Å². The molecule has 4 rings (SSSR count). The molecule has 0 atom stereocenters. The number of amides is 1. The van der Waals surface area contributed by atoms with Crippen LogP contribution in [0.25, 0.3) is 10.8 Å². The van der Waals surface area contributed by atoms with Crippen molar-refractivity contribution in [2.75, 3.05) is 7.11 Å². The van der Waals surface area contributed by atoms with Gasteiger partial charge in [-0.3, -0.25) is 4.79 Å². The average molecular weight is 495 g/mol. The van der Waals surface area contributed by atoms with Crippen molar-refractivity contribution in [2.24, 2.45) is 5.10 Å². The van der Waals surface area contributed by atoms with E-state index < -0.39 is 5.91 Å². The predicted octanol–water partition coefficient (Wildman–Crippen LogP) is 6.20. The second-order valence-electron chi connectivity index (χ2n) is 7.35. The number of ether oxygens (including phenoxy) is 2. The molecule has 6 nitrogen and oxygen atoms in total. The second-order valence-corrected chi connectivity index (χ2v) is 8.19. The Balaban J connectivity index is 1.46. The van der Waals surface area contributed by atoms with Crippen LogP contribution in [-0.2, 0) is 6.61 Å². The number of methoxy groups -OCH3 is 1. The molecule has 0 bridgehead atoms. The van der Waals surface area contributed by atoms with Gasteiger partial charge >= 0.3 is 0 Å². The first kappa shape index (κ1) is 23.4. The van der Waals surface area contributed by atoms with Crippen molar-refractivity contribution in [3.05, 3.63) is 99.5 Å². The number of nitrogens with one attached hydrogen (secondary N) is 1. The number of nitrogens with zero attached hydrogens (tertiary/aromatic N) is 1. The number of benzene rings is 4. The summed E-state index contributed by atoms with van der Waals surface area (Å²) in [6.45, 7) is 0.198. The Morgan fingerprint density at radius 1 is 1.00 bits per heavy atom. The van der Waals surface area contributed by atoms with E-state index in [2.05, 4.69) is 10.5 Å². The number of phenols is 1. The van der Waals surface area contributed by atoms with Crippen molar-refractivity contribution in [3.63, 3.8) is 0 Å². The van der Waals surface area contributed by atoms with Gasteiger partial charge in [-0.15, -0.1) is 0 Å². The number of fused-ring (bicyclic) bond motifs is 1. The van der Waals surface area contributed by atoms with E-state index in [9.17, 15) is 9.90 Å². The molecule has 0 aliphatic carbocycles. The molecule has 0 saturated carbocycles. The van der Waals surface area contributed by atoms with Crippen LogP contribution in [0.15, 0.2) is 77.9 Å². The van der Waals surface area contributed by atoms with Crippen LogP contribution in [0.1, 0.15) is 21.5 Å². The second kappa shape index (κ2) is 10.5. The fourth-order valence-corrected chi connectivity index (χ4v) is 3.84. The summed E-state index contributed by atoms with van der Waals surface area (Å²) in [6, 6.07) is 21.0. The lowest BCUT2D eigenvalue weighted by molar-refractivity contribution is 0.0952. The molecule has 0 spiro atoms. The molecular weight excluding hydrogens is 475 g/mol. The molecule has 0 fully saturated rings. The van der Waals surface area contributed by atoms with Crippen LogP contribution in [-0.4, -0.2) is 24.3 Å². The van der Waals surface area contributed by atoms with Gasteiger partial charge in [0.2, 0.25) is 0 Å². The SMILES string of the molecule is COc1ccc(/C=N\NC(=O)c2cc3ccccc3cc2O)cc1COc1ccc(Cl)cc1Cl. The van der Waals surface area contributed by atoms with Crippen molar-refractivity contribution in [1.29, 1.82) is 0 Å². The molecule has 34 heavy (non-hydrogen) atoms. The van der Waals surface area contributed by atoms with Crippen LogP contribution in [0, 0.1) is 0 Å². The molecule has 0 unspecified atom stereocenters. The smallest absolute Gasteiger partial charge is 0.275 e. The van der Waals surface area contributed by atoms with Crippen molar-refractivity contribution in [3.8, 4) is 17.2 Å². The van der Waals surface area contributed by atoms with Gasteiger partial charge in [0.25, 0.3) is 5.91 Å². The largest absolute Gasteiger partial charge is 0.507 e. The average Bonchev–Trinajstić information content (AvgIpc) is 2.83. The van der Waals surface area contributed by atoms with Gasteiger partial charge in [0, 0.05) is 10.6 Å². The summed E-state index contributed by atoms with van der Waals surface area (Å²) in [4.78, 5) is 12.5. The molecule has 0 heterocycles. The van der Waals surface area contributed by atoms with Crippen LogP contribution in [0.4, 0.5) is 0 Å². The van der Waals surface area contributed by atoms with Gasteiger partial charge < -0.3 is 14.6 Å². The number of hydrogen-bond acceptors (Lipinski definition) is 5. The summed E-state index contributed by atoms with van der Waals surface area (Å²) in [5.41, 5.74) is 4.06. The van der Waals surface area contributed by atoms with Gasteiger partial charge in [0.15, 0.2) is 0 Å². The number of halogens is 2. The van der Waals surface area contributed by atoms with E-state index in [1.165, 1.54) is 6.21 Å². The number of aromatic hydroxyl groups is 1. The van der Waals surface area contributed by atoms with E-state index in [1.807, 2.05) is 30.3 Å². The summed E-state index contributed by atoms with van der Waals surface area (Å²) in [5, 5.41) is 16.9. The zero-order valence-electron chi connectivity index (χ0n) is 18.1. The molecule has 0 aliphatic heterocycles. The van der Waals surface area contributed by atoms with Gasteiger partial charge in [0.05, 0.1) is 23.9 Å². The van der Waals surface area contributed by atoms with E-state index in [4.69, 9.17) is 32.7 Å². The predicted molar refractivity (Wildman–Crippen MR) is 134 cm³/mol. The topological polar surface area (TPSA) is 80.2 Å². The molecule has 0 aromatic heterocycles. The van der Waals surface area contributed by atoms with Crippen LogP contribution in [0.3, 0.4) is 0 Å². The fourth-order valence-electron chi connectivity index (χ4n) is 3.38. The van der Waals surface area contributed by atoms with Crippen molar-refractivity contribution >= 4 is 46.1 Å². The highest BCUT2D eigenvalue weighted by atomic mass is 35.5. The molecule has 8 heteroatoms. The first-order chi connectivity index (χ1) is 16.4. The van der Waals surface area contributed by atoms with Gasteiger partial charge in [-0.05, 0) is 64.9 Å². The van der Waals surface area contributed by atoms with E-state index in [0.717, 1.165) is 16.3 Å². The highest BCUT2D eigenvalue weighted by Gasteiger charge is 2.12. The zero-order chi connectivity index (χ0) is 24.1.